The van der Waals surface area contributed by atoms with Crippen molar-refractivity contribution in [2.75, 3.05) is 6.61 Å². The van der Waals surface area contributed by atoms with Gasteiger partial charge in [0.1, 0.15) is 0 Å². The van der Waals surface area contributed by atoms with Gasteiger partial charge in [-0.15, -0.1) is 0 Å². The molecule has 1 aromatic carbocycles. The highest BCUT2D eigenvalue weighted by molar-refractivity contribution is 5.94. The van der Waals surface area contributed by atoms with Crippen molar-refractivity contribution in [1.29, 1.82) is 0 Å². The molecule has 0 aliphatic carbocycles. The van der Waals surface area contributed by atoms with Gasteiger partial charge in [-0.2, -0.15) is 5.10 Å². The lowest BCUT2D eigenvalue weighted by Crippen LogP contribution is -2.04. The molecule has 0 aliphatic rings. The first-order valence-corrected chi connectivity index (χ1v) is 9.36. The van der Waals surface area contributed by atoms with Crippen LogP contribution in [0.3, 0.4) is 0 Å². The monoisotopic (exact) mass is 363 g/mol. The number of aromatic nitrogens is 3. The number of carbonyl (C=O) groups excluding carboxylic acids is 1. The predicted octanol–water partition coefficient (Wildman–Crippen LogP) is 4.82. The molecule has 0 spiro atoms. The summed E-state index contributed by atoms with van der Waals surface area (Å²) in [6, 6.07) is 10.0. The van der Waals surface area contributed by atoms with E-state index in [9.17, 15) is 4.79 Å². The number of aryl methyl sites for hydroxylation is 1. The van der Waals surface area contributed by atoms with Gasteiger partial charge in [0.05, 0.1) is 18.5 Å². The second kappa shape index (κ2) is 8.16. The number of ether oxygens (including phenoxy) is 1. The Morgan fingerprint density at radius 3 is 2.59 bits per heavy atom. The van der Waals surface area contributed by atoms with Crippen LogP contribution in [0.4, 0.5) is 0 Å². The largest absolute Gasteiger partial charge is 0.463 e. The number of esters is 1. The Bertz CT molecular complexity index is 972. The van der Waals surface area contributed by atoms with E-state index in [2.05, 4.69) is 25.9 Å². The number of nitrogens with zero attached hydrogens (tertiary/aromatic N) is 3. The SMILES string of the molecule is CCOC(=O)/C=C/c1c(-c2ccccc2)nc2c(cnn2CC)c1C(C)C. The van der Waals surface area contributed by atoms with Crippen molar-refractivity contribution >= 4 is 23.1 Å². The topological polar surface area (TPSA) is 57.0 Å². The van der Waals surface area contributed by atoms with Crippen LogP contribution in [0.5, 0.6) is 0 Å². The first-order chi connectivity index (χ1) is 13.1. The molecule has 0 N–H and O–H groups in total. The summed E-state index contributed by atoms with van der Waals surface area (Å²) in [5.74, 6) is -0.107. The molecule has 0 unspecified atom stereocenters. The molecule has 140 valence electrons. The minimum absolute atomic E-state index is 0.245. The summed E-state index contributed by atoms with van der Waals surface area (Å²) in [5.41, 5.74) is 4.80. The maximum absolute atomic E-state index is 11.9. The zero-order valence-electron chi connectivity index (χ0n) is 16.3. The third-order valence-electron chi connectivity index (χ3n) is 4.46. The van der Waals surface area contributed by atoms with Gasteiger partial charge in [0.15, 0.2) is 5.65 Å². The molecule has 5 nitrogen and oxygen atoms in total. The van der Waals surface area contributed by atoms with E-state index in [4.69, 9.17) is 9.72 Å². The van der Waals surface area contributed by atoms with E-state index < -0.39 is 0 Å². The predicted molar refractivity (Wildman–Crippen MR) is 108 cm³/mol. The normalized spacial score (nSPS) is 11.6. The van der Waals surface area contributed by atoms with E-state index in [1.54, 1.807) is 6.92 Å². The van der Waals surface area contributed by atoms with E-state index in [1.807, 2.05) is 47.3 Å². The molecule has 3 rings (SSSR count). The summed E-state index contributed by atoms with van der Waals surface area (Å²) < 4.78 is 6.97. The minimum Gasteiger partial charge on any atom is -0.463 e. The highest BCUT2D eigenvalue weighted by Gasteiger charge is 2.20. The first kappa shape index (κ1) is 18.8. The molecule has 0 amide bonds. The molecule has 27 heavy (non-hydrogen) atoms. The third-order valence-corrected chi connectivity index (χ3v) is 4.46. The van der Waals surface area contributed by atoms with E-state index in [0.29, 0.717) is 6.61 Å². The number of hydrogen-bond acceptors (Lipinski definition) is 4. The Hall–Kier alpha value is -2.95. The number of fused-ring (bicyclic) bond motifs is 1. The van der Waals surface area contributed by atoms with Crippen LogP contribution in [0, 0.1) is 0 Å². The fourth-order valence-corrected chi connectivity index (χ4v) is 3.31. The molecule has 0 bridgehead atoms. The lowest BCUT2D eigenvalue weighted by atomic mass is 9.91. The quantitative estimate of drug-likeness (QED) is 0.465. The van der Waals surface area contributed by atoms with Crippen LogP contribution < -0.4 is 0 Å². The van der Waals surface area contributed by atoms with Crippen LogP contribution in [-0.4, -0.2) is 27.3 Å². The third kappa shape index (κ3) is 3.77. The minimum atomic E-state index is -0.351. The summed E-state index contributed by atoms with van der Waals surface area (Å²) >= 11 is 0. The van der Waals surface area contributed by atoms with E-state index in [1.165, 1.54) is 6.08 Å². The van der Waals surface area contributed by atoms with Crippen LogP contribution in [0.15, 0.2) is 42.6 Å². The van der Waals surface area contributed by atoms with Gasteiger partial charge in [0.25, 0.3) is 0 Å². The van der Waals surface area contributed by atoms with Crippen molar-refractivity contribution < 1.29 is 9.53 Å². The van der Waals surface area contributed by atoms with Gasteiger partial charge >= 0.3 is 5.97 Å². The Kier molecular flexibility index (Phi) is 5.69. The average Bonchev–Trinajstić information content (AvgIpc) is 3.08. The second-order valence-electron chi connectivity index (χ2n) is 6.59. The van der Waals surface area contributed by atoms with Gasteiger partial charge in [-0.25, -0.2) is 14.5 Å². The highest BCUT2D eigenvalue weighted by atomic mass is 16.5. The zero-order valence-corrected chi connectivity index (χ0v) is 16.3. The van der Waals surface area contributed by atoms with Crippen LogP contribution in [-0.2, 0) is 16.1 Å². The van der Waals surface area contributed by atoms with Crippen LogP contribution >= 0.6 is 0 Å². The summed E-state index contributed by atoms with van der Waals surface area (Å²) in [6.07, 6.45) is 5.18. The molecular weight excluding hydrogens is 338 g/mol. The average molecular weight is 363 g/mol. The molecule has 0 radical (unpaired) electrons. The Morgan fingerprint density at radius 2 is 1.96 bits per heavy atom. The van der Waals surface area contributed by atoms with Crippen LogP contribution in [0.1, 0.15) is 44.7 Å². The van der Waals surface area contributed by atoms with Gasteiger partial charge in [-0.3, -0.25) is 0 Å². The maximum Gasteiger partial charge on any atom is 0.330 e. The van der Waals surface area contributed by atoms with Crippen molar-refractivity contribution in [3.8, 4) is 11.3 Å². The lowest BCUT2D eigenvalue weighted by molar-refractivity contribution is -0.137. The molecule has 0 saturated carbocycles. The van der Waals surface area contributed by atoms with Gasteiger partial charge in [0.2, 0.25) is 0 Å². The smallest absolute Gasteiger partial charge is 0.330 e. The van der Waals surface area contributed by atoms with Crippen LogP contribution in [0.2, 0.25) is 0 Å². The van der Waals surface area contributed by atoms with Gasteiger partial charge in [-0.1, -0.05) is 44.2 Å². The fourth-order valence-electron chi connectivity index (χ4n) is 3.31. The Balaban J connectivity index is 2.31. The molecule has 5 heteroatoms. The highest BCUT2D eigenvalue weighted by Crippen LogP contribution is 2.35. The standard InChI is InChI=1S/C22H25N3O2/c1-5-25-22-18(14-23-25)20(15(3)4)17(12-13-19(26)27-6-2)21(24-22)16-10-8-7-9-11-16/h7-15H,5-6H2,1-4H3/b13-12+. The summed E-state index contributed by atoms with van der Waals surface area (Å²) in [5, 5.41) is 5.52. The number of hydrogen-bond donors (Lipinski definition) is 0. The molecule has 0 saturated heterocycles. The maximum atomic E-state index is 11.9. The summed E-state index contributed by atoms with van der Waals surface area (Å²) in [4.78, 5) is 16.9. The van der Waals surface area contributed by atoms with Crippen molar-refractivity contribution in [2.24, 2.45) is 0 Å². The van der Waals surface area contributed by atoms with Gasteiger partial charge in [-0.05, 0) is 31.4 Å². The number of rotatable bonds is 6. The first-order valence-electron chi connectivity index (χ1n) is 9.36. The van der Waals surface area contributed by atoms with E-state index >= 15 is 0 Å². The molecular formula is C22H25N3O2. The molecule has 0 aliphatic heterocycles. The van der Waals surface area contributed by atoms with Gasteiger partial charge in [0, 0.05) is 29.1 Å². The van der Waals surface area contributed by atoms with Gasteiger partial charge < -0.3 is 4.74 Å². The van der Waals surface area contributed by atoms with Crippen molar-refractivity contribution in [1.82, 2.24) is 14.8 Å². The van der Waals surface area contributed by atoms with E-state index in [-0.39, 0.29) is 11.9 Å². The lowest BCUT2D eigenvalue weighted by Gasteiger charge is -2.16. The molecule has 0 atom stereocenters. The Morgan fingerprint density at radius 1 is 1.22 bits per heavy atom. The van der Waals surface area contributed by atoms with Crippen molar-refractivity contribution in [3.05, 3.63) is 53.7 Å². The van der Waals surface area contributed by atoms with Crippen molar-refractivity contribution in [3.63, 3.8) is 0 Å². The Labute approximate surface area is 159 Å². The fraction of sp³-hybridized carbons (Fsp3) is 0.318. The zero-order chi connectivity index (χ0) is 19.4. The number of pyridine rings is 1. The summed E-state index contributed by atoms with van der Waals surface area (Å²) in [7, 11) is 0. The molecule has 3 aromatic rings. The number of carbonyl (C=O) groups is 1. The van der Waals surface area contributed by atoms with E-state index in [0.717, 1.165) is 40.0 Å². The molecule has 0 fully saturated rings. The van der Waals surface area contributed by atoms with Crippen LogP contribution in [0.25, 0.3) is 28.4 Å². The molecule has 2 heterocycles. The molecule has 2 aromatic heterocycles. The van der Waals surface area contributed by atoms with Crippen molar-refractivity contribution in [2.45, 2.75) is 40.2 Å². The summed E-state index contributed by atoms with van der Waals surface area (Å²) in [6.45, 7) is 9.25. The second-order valence-corrected chi connectivity index (χ2v) is 6.59. The number of benzene rings is 1.